The molecule has 2 aromatic carbocycles. The van der Waals surface area contributed by atoms with Gasteiger partial charge in [-0.3, -0.25) is 9.59 Å². The first-order valence-electron chi connectivity index (χ1n) is 9.71. The van der Waals surface area contributed by atoms with Crippen molar-refractivity contribution in [2.45, 2.75) is 19.4 Å². The van der Waals surface area contributed by atoms with Gasteiger partial charge in [0.25, 0.3) is 11.8 Å². The summed E-state index contributed by atoms with van der Waals surface area (Å²) in [5, 5.41) is 7.88. The van der Waals surface area contributed by atoms with Crippen LogP contribution in [-0.2, 0) is 0 Å². The van der Waals surface area contributed by atoms with Gasteiger partial charge < -0.3 is 20.5 Å². The lowest BCUT2D eigenvalue weighted by molar-refractivity contribution is 0.0938. The maximum atomic E-state index is 13.1. The van der Waals surface area contributed by atoms with Crippen molar-refractivity contribution in [3.8, 4) is 11.3 Å². The first kappa shape index (κ1) is 21.2. The summed E-state index contributed by atoms with van der Waals surface area (Å²) in [5.41, 5.74) is 8.13. The summed E-state index contributed by atoms with van der Waals surface area (Å²) >= 11 is 12.1. The van der Waals surface area contributed by atoms with Crippen LogP contribution in [-0.4, -0.2) is 36.1 Å². The molecule has 1 aliphatic rings. The van der Waals surface area contributed by atoms with Crippen LogP contribution < -0.4 is 16.0 Å². The minimum atomic E-state index is -0.477. The van der Waals surface area contributed by atoms with Gasteiger partial charge in [-0.15, -0.1) is 0 Å². The van der Waals surface area contributed by atoms with Crippen molar-refractivity contribution in [1.29, 1.82) is 0 Å². The number of nitrogens with two attached hydrogens (primary N) is 1. The number of nitrogens with one attached hydrogen (secondary N) is 1. The molecule has 0 saturated carbocycles. The standard InChI is InChI=1S/C22H20Cl2N4O3/c1-12-19(20(27-31-12)13-6-7-16(23)17(24)10-13)22(30)26-14-8-9-28(11-14)18-5-3-2-4-15(18)21(25)29/h2-7,10,14H,8-9,11H2,1H3,(H2,25,29)(H,26,30). The van der Waals surface area contributed by atoms with Gasteiger partial charge >= 0.3 is 0 Å². The fourth-order valence-corrected chi connectivity index (χ4v) is 4.09. The van der Waals surface area contributed by atoms with Gasteiger partial charge in [0.15, 0.2) is 0 Å². The maximum Gasteiger partial charge on any atom is 0.257 e. The van der Waals surface area contributed by atoms with E-state index >= 15 is 0 Å². The monoisotopic (exact) mass is 458 g/mol. The van der Waals surface area contributed by atoms with Gasteiger partial charge in [-0.25, -0.2) is 0 Å². The quantitative estimate of drug-likeness (QED) is 0.599. The number of para-hydroxylation sites is 1. The third-order valence-electron chi connectivity index (χ3n) is 5.32. The summed E-state index contributed by atoms with van der Waals surface area (Å²) in [7, 11) is 0. The second-order valence-electron chi connectivity index (χ2n) is 7.38. The highest BCUT2D eigenvalue weighted by atomic mass is 35.5. The summed E-state index contributed by atoms with van der Waals surface area (Å²) in [6, 6.07) is 12.1. The summed E-state index contributed by atoms with van der Waals surface area (Å²) in [5.74, 6) is -0.350. The van der Waals surface area contributed by atoms with Crippen LogP contribution in [0.1, 0.15) is 32.9 Å². The number of aryl methyl sites for hydroxylation is 1. The minimum absolute atomic E-state index is 0.107. The first-order valence-corrected chi connectivity index (χ1v) is 10.5. The molecule has 0 aliphatic carbocycles. The minimum Gasteiger partial charge on any atom is -0.369 e. The summed E-state index contributed by atoms with van der Waals surface area (Å²) in [4.78, 5) is 26.9. The number of aromatic nitrogens is 1. The number of carbonyl (C=O) groups excluding carboxylic acids is 2. The zero-order valence-corrected chi connectivity index (χ0v) is 18.2. The highest BCUT2D eigenvalue weighted by Gasteiger charge is 2.29. The van der Waals surface area contributed by atoms with Gasteiger partial charge in [-0.05, 0) is 37.6 Å². The Hall–Kier alpha value is -3.03. The molecule has 1 aliphatic heterocycles. The number of benzene rings is 2. The van der Waals surface area contributed by atoms with Crippen molar-refractivity contribution in [3.63, 3.8) is 0 Å². The lowest BCUT2D eigenvalue weighted by Gasteiger charge is -2.21. The predicted molar refractivity (Wildman–Crippen MR) is 120 cm³/mol. The number of amides is 2. The van der Waals surface area contributed by atoms with Crippen LogP contribution in [0.3, 0.4) is 0 Å². The molecule has 1 aromatic heterocycles. The Morgan fingerprint density at radius 3 is 2.71 bits per heavy atom. The lowest BCUT2D eigenvalue weighted by atomic mass is 10.1. The van der Waals surface area contributed by atoms with Crippen LogP contribution in [0.2, 0.25) is 10.0 Å². The third-order valence-corrected chi connectivity index (χ3v) is 6.06. The van der Waals surface area contributed by atoms with Crippen molar-refractivity contribution in [1.82, 2.24) is 10.5 Å². The number of hydrogen-bond acceptors (Lipinski definition) is 5. The van der Waals surface area contributed by atoms with Crippen LogP contribution >= 0.6 is 23.2 Å². The van der Waals surface area contributed by atoms with Crippen LogP contribution in [0.25, 0.3) is 11.3 Å². The Balaban J connectivity index is 1.52. The van der Waals surface area contributed by atoms with Gasteiger partial charge in [0.1, 0.15) is 17.0 Å². The summed E-state index contributed by atoms with van der Waals surface area (Å²) in [6.07, 6.45) is 0.727. The maximum absolute atomic E-state index is 13.1. The SMILES string of the molecule is Cc1onc(-c2ccc(Cl)c(Cl)c2)c1C(=O)NC1CCN(c2ccccc2C(N)=O)C1. The smallest absolute Gasteiger partial charge is 0.257 e. The Labute approximate surface area is 189 Å². The largest absolute Gasteiger partial charge is 0.369 e. The molecule has 1 atom stereocenters. The Kier molecular flexibility index (Phi) is 5.89. The number of carbonyl (C=O) groups is 2. The van der Waals surface area contributed by atoms with E-state index in [-0.39, 0.29) is 11.9 Å². The fraction of sp³-hybridized carbons (Fsp3) is 0.227. The predicted octanol–water partition coefficient (Wildman–Crippen LogP) is 4.06. The van der Waals surface area contributed by atoms with E-state index in [1.807, 2.05) is 17.0 Å². The first-order chi connectivity index (χ1) is 14.8. The summed E-state index contributed by atoms with van der Waals surface area (Å²) in [6.45, 7) is 2.94. The normalized spacial score (nSPS) is 15.8. The molecule has 3 N–H and O–H groups in total. The van der Waals surface area contributed by atoms with E-state index in [4.69, 9.17) is 33.5 Å². The molecular weight excluding hydrogens is 439 g/mol. The molecule has 2 heterocycles. The van der Waals surface area contributed by atoms with E-state index in [0.717, 1.165) is 12.1 Å². The molecule has 0 radical (unpaired) electrons. The molecule has 2 amide bonds. The van der Waals surface area contributed by atoms with Crippen molar-refractivity contribution in [3.05, 3.63) is 69.4 Å². The molecule has 0 spiro atoms. The third kappa shape index (κ3) is 4.24. The van der Waals surface area contributed by atoms with Crippen LogP contribution in [0, 0.1) is 6.92 Å². The van der Waals surface area contributed by atoms with E-state index in [9.17, 15) is 9.59 Å². The molecule has 31 heavy (non-hydrogen) atoms. The number of anilines is 1. The van der Waals surface area contributed by atoms with E-state index in [0.29, 0.717) is 51.3 Å². The van der Waals surface area contributed by atoms with E-state index in [1.165, 1.54) is 0 Å². The highest BCUT2D eigenvalue weighted by molar-refractivity contribution is 6.42. The topological polar surface area (TPSA) is 101 Å². The van der Waals surface area contributed by atoms with E-state index in [1.54, 1.807) is 37.3 Å². The average molecular weight is 459 g/mol. The fourth-order valence-electron chi connectivity index (χ4n) is 3.79. The van der Waals surface area contributed by atoms with Gasteiger partial charge in [-0.1, -0.05) is 46.6 Å². The zero-order valence-electron chi connectivity index (χ0n) is 16.7. The Bertz CT molecular complexity index is 1160. The molecule has 0 bridgehead atoms. The van der Waals surface area contributed by atoms with Gasteiger partial charge in [0, 0.05) is 30.4 Å². The molecule has 1 fully saturated rings. The molecule has 7 nitrogen and oxygen atoms in total. The van der Waals surface area contributed by atoms with Crippen LogP contribution in [0.4, 0.5) is 5.69 Å². The number of hydrogen-bond donors (Lipinski definition) is 2. The van der Waals surface area contributed by atoms with Gasteiger partial charge in [0.2, 0.25) is 0 Å². The Morgan fingerprint density at radius 2 is 1.97 bits per heavy atom. The van der Waals surface area contributed by atoms with Crippen molar-refractivity contribution >= 4 is 40.7 Å². The molecule has 3 aromatic rings. The molecular formula is C22H20Cl2N4O3. The van der Waals surface area contributed by atoms with Crippen LogP contribution in [0.5, 0.6) is 0 Å². The van der Waals surface area contributed by atoms with Crippen molar-refractivity contribution < 1.29 is 14.1 Å². The Morgan fingerprint density at radius 1 is 1.19 bits per heavy atom. The lowest BCUT2D eigenvalue weighted by Crippen LogP contribution is -2.37. The molecule has 1 saturated heterocycles. The second kappa shape index (κ2) is 8.61. The van der Waals surface area contributed by atoms with Gasteiger partial charge in [0.05, 0.1) is 15.6 Å². The zero-order chi connectivity index (χ0) is 22.1. The molecule has 4 rings (SSSR count). The van der Waals surface area contributed by atoms with Crippen LogP contribution in [0.15, 0.2) is 47.0 Å². The van der Waals surface area contributed by atoms with E-state index in [2.05, 4.69) is 10.5 Å². The number of nitrogens with zero attached hydrogens (tertiary/aromatic N) is 2. The van der Waals surface area contributed by atoms with Crippen molar-refractivity contribution in [2.24, 2.45) is 5.73 Å². The molecule has 1 unspecified atom stereocenters. The molecule has 9 heteroatoms. The van der Waals surface area contributed by atoms with E-state index < -0.39 is 5.91 Å². The summed E-state index contributed by atoms with van der Waals surface area (Å²) < 4.78 is 5.29. The molecule has 160 valence electrons. The highest BCUT2D eigenvalue weighted by Crippen LogP contribution is 2.31. The van der Waals surface area contributed by atoms with Gasteiger partial charge in [-0.2, -0.15) is 0 Å². The number of primary amides is 1. The second-order valence-corrected chi connectivity index (χ2v) is 8.19. The van der Waals surface area contributed by atoms with Crippen molar-refractivity contribution in [2.75, 3.05) is 18.0 Å². The average Bonchev–Trinajstić information content (AvgIpc) is 3.36. The number of rotatable bonds is 5. The number of halogens is 2.